The summed E-state index contributed by atoms with van der Waals surface area (Å²) >= 11 is 13.6. The van der Waals surface area contributed by atoms with E-state index in [1.54, 1.807) is 12.3 Å². The summed E-state index contributed by atoms with van der Waals surface area (Å²) in [6.45, 7) is 2.31. The van der Waals surface area contributed by atoms with Crippen molar-refractivity contribution in [2.75, 3.05) is 6.61 Å². The van der Waals surface area contributed by atoms with E-state index in [9.17, 15) is 5.11 Å². The first-order chi connectivity index (χ1) is 10.4. The van der Waals surface area contributed by atoms with Gasteiger partial charge in [-0.25, -0.2) is 9.98 Å². The highest BCUT2D eigenvalue weighted by atomic mass is 79.9. The number of rotatable bonds is 4. The van der Waals surface area contributed by atoms with Gasteiger partial charge in [0.25, 0.3) is 0 Å². The fourth-order valence-corrected chi connectivity index (χ4v) is 3.54. The van der Waals surface area contributed by atoms with Crippen LogP contribution >= 0.6 is 63.7 Å². The van der Waals surface area contributed by atoms with Gasteiger partial charge >= 0.3 is 0 Å². The molecule has 0 radical (unpaired) electrons. The van der Waals surface area contributed by atoms with Gasteiger partial charge in [0.15, 0.2) is 17.3 Å². The molecule has 2 aromatic rings. The molecule has 1 heterocycles. The predicted octanol–water partition coefficient (Wildman–Crippen LogP) is 5.99. The Morgan fingerprint density at radius 3 is 2.59 bits per heavy atom. The van der Waals surface area contributed by atoms with Crippen molar-refractivity contribution in [2.24, 2.45) is 4.99 Å². The average Bonchev–Trinajstić information content (AvgIpc) is 2.47. The van der Waals surface area contributed by atoms with Crippen LogP contribution in [0.5, 0.6) is 11.5 Å². The molecule has 0 amide bonds. The monoisotopic (exact) mass is 554 g/mol. The Labute approximate surface area is 161 Å². The van der Waals surface area contributed by atoms with E-state index >= 15 is 0 Å². The lowest BCUT2D eigenvalue weighted by atomic mass is 10.2. The van der Waals surface area contributed by atoms with Crippen LogP contribution in [-0.4, -0.2) is 22.9 Å². The lowest BCUT2D eigenvalue weighted by molar-refractivity contribution is 0.317. The van der Waals surface area contributed by atoms with Crippen molar-refractivity contribution in [3.63, 3.8) is 0 Å². The molecule has 0 aliphatic rings. The van der Waals surface area contributed by atoms with Gasteiger partial charge in [0.05, 0.1) is 16.6 Å². The van der Waals surface area contributed by atoms with Gasteiger partial charge in [-0.2, -0.15) is 0 Å². The maximum absolute atomic E-state index is 10.3. The molecule has 2 rings (SSSR count). The number of pyridine rings is 1. The first-order valence-corrected chi connectivity index (χ1v) is 9.30. The van der Waals surface area contributed by atoms with Crippen molar-refractivity contribution in [3.05, 3.63) is 41.8 Å². The van der Waals surface area contributed by atoms with Gasteiger partial charge < -0.3 is 9.84 Å². The highest BCUT2D eigenvalue weighted by molar-refractivity contribution is 9.13. The summed E-state index contributed by atoms with van der Waals surface area (Å²) in [5, 5.41) is 10.3. The molecule has 0 bridgehead atoms. The van der Waals surface area contributed by atoms with Crippen molar-refractivity contribution in [1.29, 1.82) is 0 Å². The quantitative estimate of drug-likeness (QED) is 0.470. The summed E-state index contributed by atoms with van der Waals surface area (Å²) in [4.78, 5) is 8.51. The van der Waals surface area contributed by atoms with Gasteiger partial charge in [-0.15, -0.1) is 0 Å². The molecule has 0 fully saturated rings. The Hall–Kier alpha value is -0.440. The summed E-state index contributed by atoms with van der Waals surface area (Å²) < 4.78 is 8.45. The third kappa shape index (κ3) is 4.10. The van der Waals surface area contributed by atoms with Gasteiger partial charge in [-0.3, -0.25) is 0 Å². The Morgan fingerprint density at radius 2 is 1.95 bits per heavy atom. The van der Waals surface area contributed by atoms with Crippen LogP contribution in [0, 0.1) is 0 Å². The Morgan fingerprint density at radius 1 is 1.23 bits per heavy atom. The number of ether oxygens (including phenoxy) is 1. The minimum atomic E-state index is 0.0221. The largest absolute Gasteiger partial charge is 0.504 e. The molecule has 0 atom stereocenters. The van der Waals surface area contributed by atoms with E-state index in [2.05, 4.69) is 73.7 Å². The van der Waals surface area contributed by atoms with Gasteiger partial charge in [-0.1, -0.05) is 0 Å². The molecule has 0 aliphatic heterocycles. The maximum atomic E-state index is 10.3. The number of aliphatic imine (C=N–C) groups is 1. The molecule has 0 unspecified atom stereocenters. The zero-order valence-electron chi connectivity index (χ0n) is 11.3. The number of nitrogens with zero attached hydrogens (tertiary/aromatic N) is 2. The summed E-state index contributed by atoms with van der Waals surface area (Å²) in [7, 11) is 0. The number of aromatic nitrogens is 1. The zero-order valence-corrected chi connectivity index (χ0v) is 17.6. The first kappa shape index (κ1) is 17.9. The number of aromatic hydroxyl groups is 1. The van der Waals surface area contributed by atoms with Crippen LogP contribution in [0.15, 0.2) is 41.2 Å². The molecular weight excluding hydrogens is 548 g/mol. The number of phenolic OH excluding ortho intramolecular Hbond substituents is 1. The minimum absolute atomic E-state index is 0.0221. The van der Waals surface area contributed by atoms with Crippen LogP contribution in [0.1, 0.15) is 12.5 Å². The van der Waals surface area contributed by atoms with Gasteiger partial charge in [0.2, 0.25) is 0 Å². The molecule has 116 valence electrons. The lowest BCUT2D eigenvalue weighted by Gasteiger charge is -2.11. The minimum Gasteiger partial charge on any atom is -0.504 e. The van der Waals surface area contributed by atoms with Crippen LogP contribution in [-0.2, 0) is 0 Å². The molecule has 1 aromatic heterocycles. The van der Waals surface area contributed by atoms with Crippen molar-refractivity contribution in [2.45, 2.75) is 6.92 Å². The first-order valence-electron chi connectivity index (χ1n) is 6.13. The van der Waals surface area contributed by atoms with E-state index in [0.717, 1.165) is 13.4 Å². The van der Waals surface area contributed by atoms with Crippen molar-refractivity contribution in [1.82, 2.24) is 4.98 Å². The molecule has 8 heteroatoms. The average molecular weight is 558 g/mol. The van der Waals surface area contributed by atoms with E-state index in [-0.39, 0.29) is 5.75 Å². The number of hydrogen-bond donors (Lipinski definition) is 1. The normalized spacial score (nSPS) is 11.1. The molecule has 0 spiro atoms. The summed E-state index contributed by atoms with van der Waals surface area (Å²) in [5.74, 6) is 0.920. The maximum Gasteiger partial charge on any atom is 0.167 e. The fourth-order valence-electron chi connectivity index (χ4n) is 1.62. The number of hydrogen-bond acceptors (Lipinski definition) is 4. The van der Waals surface area contributed by atoms with Crippen molar-refractivity contribution in [3.8, 4) is 11.5 Å². The summed E-state index contributed by atoms with van der Waals surface area (Å²) in [5.41, 5.74) is 0.509. The molecular formula is C14H10Br4N2O2. The molecule has 1 N–H and O–H groups in total. The smallest absolute Gasteiger partial charge is 0.167 e. The van der Waals surface area contributed by atoms with Crippen molar-refractivity contribution < 1.29 is 9.84 Å². The highest BCUT2D eigenvalue weighted by Crippen LogP contribution is 2.40. The number of phenols is 1. The van der Waals surface area contributed by atoms with Gasteiger partial charge in [0, 0.05) is 25.8 Å². The molecule has 1 aromatic carbocycles. The zero-order chi connectivity index (χ0) is 16.3. The molecule has 0 saturated heterocycles. The van der Waals surface area contributed by atoms with E-state index < -0.39 is 0 Å². The SMILES string of the molecule is CCOc1cc(Br)c(Br)c(/C=N/c2ncc(Br)cc2Br)c1O. The van der Waals surface area contributed by atoms with Gasteiger partial charge in [0.1, 0.15) is 0 Å². The van der Waals surface area contributed by atoms with Crippen LogP contribution in [0.2, 0.25) is 0 Å². The second-order valence-corrected chi connectivity index (χ2v) is 7.50. The van der Waals surface area contributed by atoms with Crippen LogP contribution in [0.25, 0.3) is 0 Å². The number of halogens is 4. The summed E-state index contributed by atoms with van der Waals surface area (Å²) in [6.07, 6.45) is 3.19. The third-order valence-corrected chi connectivity index (χ3v) is 5.63. The van der Waals surface area contributed by atoms with Gasteiger partial charge in [-0.05, 0) is 82.8 Å². The van der Waals surface area contributed by atoms with Crippen molar-refractivity contribution >= 4 is 75.8 Å². The second-order valence-electron chi connectivity index (χ2n) is 4.08. The Balaban J connectivity index is 2.46. The van der Waals surface area contributed by atoms with Crippen LogP contribution in [0.3, 0.4) is 0 Å². The van der Waals surface area contributed by atoms with Crippen LogP contribution < -0.4 is 4.74 Å². The molecule has 0 aliphatic carbocycles. The fraction of sp³-hybridized carbons (Fsp3) is 0.143. The molecule has 22 heavy (non-hydrogen) atoms. The lowest BCUT2D eigenvalue weighted by Crippen LogP contribution is -1.96. The Bertz CT molecular complexity index is 735. The Kier molecular flexibility index (Phi) is 6.43. The summed E-state index contributed by atoms with van der Waals surface area (Å²) in [6, 6.07) is 3.55. The highest BCUT2D eigenvalue weighted by Gasteiger charge is 2.15. The van der Waals surface area contributed by atoms with E-state index in [4.69, 9.17) is 4.74 Å². The van der Waals surface area contributed by atoms with E-state index in [1.807, 2.05) is 13.0 Å². The molecule has 0 saturated carbocycles. The topological polar surface area (TPSA) is 54.7 Å². The van der Waals surface area contributed by atoms with Crippen LogP contribution in [0.4, 0.5) is 5.82 Å². The van der Waals surface area contributed by atoms with E-state index in [1.165, 1.54) is 6.21 Å². The standard InChI is InChI=1S/C14H10Br4N2O2/c1-2-22-11-4-9(16)12(18)8(13(11)21)6-20-14-10(17)3-7(15)5-19-14/h3-6,21H,2H2,1H3/b20-6+. The van der Waals surface area contributed by atoms with E-state index in [0.29, 0.717) is 28.2 Å². The second kappa shape index (κ2) is 7.90. The predicted molar refractivity (Wildman–Crippen MR) is 102 cm³/mol. The molecule has 4 nitrogen and oxygen atoms in total. The third-order valence-electron chi connectivity index (χ3n) is 2.60. The number of benzene rings is 1.